The number of nitrogens with two attached hydrogens (primary N) is 1. The van der Waals surface area contributed by atoms with Gasteiger partial charge in [-0.3, -0.25) is 0 Å². The highest BCUT2D eigenvalue weighted by Gasteiger charge is 2.29. The molecule has 0 radical (unpaired) electrons. The van der Waals surface area contributed by atoms with Gasteiger partial charge in [-0.1, -0.05) is 20.8 Å². The number of hydrogen-bond donors (Lipinski definition) is 2. The molecule has 0 saturated heterocycles. The van der Waals surface area contributed by atoms with Gasteiger partial charge in [0.05, 0.1) is 6.10 Å². The van der Waals surface area contributed by atoms with Gasteiger partial charge in [0.1, 0.15) is 0 Å². The van der Waals surface area contributed by atoms with Crippen molar-refractivity contribution in [2.75, 3.05) is 13.7 Å². The molecule has 1 atom stereocenters. The summed E-state index contributed by atoms with van der Waals surface area (Å²) in [5, 5.41) is 3.48. The number of ether oxygens (including phenoxy) is 1. The summed E-state index contributed by atoms with van der Waals surface area (Å²) < 4.78 is 5.22. The maximum Gasteiger partial charge on any atom is 0.0601 e. The Kier molecular flexibility index (Phi) is 3.93. The molecular weight excluding hydrogens is 176 g/mol. The van der Waals surface area contributed by atoms with Crippen molar-refractivity contribution in [1.82, 2.24) is 5.32 Å². The van der Waals surface area contributed by atoms with Crippen LogP contribution in [0.15, 0.2) is 0 Å². The van der Waals surface area contributed by atoms with Crippen molar-refractivity contribution in [3.63, 3.8) is 0 Å². The van der Waals surface area contributed by atoms with Gasteiger partial charge in [-0.2, -0.15) is 0 Å². The van der Waals surface area contributed by atoms with E-state index in [1.807, 2.05) is 0 Å². The molecule has 1 rings (SSSR count). The van der Waals surface area contributed by atoms with Crippen molar-refractivity contribution < 1.29 is 4.74 Å². The molecule has 1 aliphatic carbocycles. The van der Waals surface area contributed by atoms with Crippen LogP contribution in [-0.4, -0.2) is 31.8 Å². The first-order valence-corrected chi connectivity index (χ1v) is 5.45. The lowest BCUT2D eigenvalue weighted by molar-refractivity contribution is 0.0164. The van der Waals surface area contributed by atoms with Gasteiger partial charge >= 0.3 is 0 Å². The fourth-order valence-electron chi connectivity index (χ4n) is 1.52. The van der Waals surface area contributed by atoms with E-state index in [1.54, 1.807) is 7.11 Å². The Morgan fingerprint density at radius 1 is 1.43 bits per heavy atom. The van der Waals surface area contributed by atoms with Crippen molar-refractivity contribution in [2.45, 2.75) is 51.8 Å². The normalized spacial score (nSPS) is 29.8. The van der Waals surface area contributed by atoms with E-state index in [1.165, 1.54) is 0 Å². The Labute approximate surface area is 87.4 Å². The molecule has 3 nitrogen and oxygen atoms in total. The molecule has 14 heavy (non-hydrogen) atoms. The molecule has 1 fully saturated rings. The third-order valence-electron chi connectivity index (χ3n) is 3.17. The second-order valence-corrected chi connectivity index (χ2v) is 5.41. The summed E-state index contributed by atoms with van der Waals surface area (Å²) in [6.07, 6.45) is 2.74. The molecule has 0 aromatic carbocycles. The van der Waals surface area contributed by atoms with Gasteiger partial charge in [0, 0.05) is 25.7 Å². The average molecular weight is 200 g/mol. The fourth-order valence-corrected chi connectivity index (χ4v) is 1.52. The van der Waals surface area contributed by atoms with E-state index in [2.05, 4.69) is 26.1 Å². The van der Waals surface area contributed by atoms with E-state index in [0.29, 0.717) is 12.1 Å². The van der Waals surface area contributed by atoms with Crippen molar-refractivity contribution >= 4 is 0 Å². The van der Waals surface area contributed by atoms with Crippen molar-refractivity contribution in [3.8, 4) is 0 Å². The summed E-state index contributed by atoms with van der Waals surface area (Å²) in [6.45, 7) is 7.44. The van der Waals surface area contributed by atoms with Crippen molar-refractivity contribution in [2.24, 2.45) is 11.1 Å². The molecule has 3 heteroatoms. The number of rotatable bonds is 4. The van der Waals surface area contributed by atoms with Crippen LogP contribution < -0.4 is 11.1 Å². The molecule has 0 bridgehead atoms. The minimum Gasteiger partial charge on any atom is -0.381 e. The summed E-state index contributed by atoms with van der Waals surface area (Å²) in [5.41, 5.74) is 6.24. The van der Waals surface area contributed by atoms with Crippen molar-refractivity contribution in [3.05, 3.63) is 0 Å². The molecule has 1 aliphatic rings. The highest BCUT2D eigenvalue weighted by atomic mass is 16.5. The summed E-state index contributed by atoms with van der Waals surface area (Å²) in [6, 6.07) is 0.845. The summed E-state index contributed by atoms with van der Waals surface area (Å²) in [7, 11) is 1.78. The molecule has 0 spiro atoms. The van der Waals surface area contributed by atoms with E-state index in [9.17, 15) is 0 Å². The minimum absolute atomic E-state index is 0.192. The van der Waals surface area contributed by atoms with E-state index < -0.39 is 0 Å². The largest absolute Gasteiger partial charge is 0.381 e. The van der Waals surface area contributed by atoms with Crippen LogP contribution in [0.5, 0.6) is 0 Å². The van der Waals surface area contributed by atoms with E-state index in [4.69, 9.17) is 10.5 Å². The van der Waals surface area contributed by atoms with Crippen LogP contribution in [0.2, 0.25) is 0 Å². The van der Waals surface area contributed by atoms with Gasteiger partial charge in [0.25, 0.3) is 0 Å². The maximum absolute atomic E-state index is 6.05. The first-order valence-electron chi connectivity index (χ1n) is 5.45. The number of methoxy groups -OCH3 is 1. The molecule has 1 unspecified atom stereocenters. The van der Waals surface area contributed by atoms with Gasteiger partial charge < -0.3 is 15.8 Å². The van der Waals surface area contributed by atoms with Gasteiger partial charge in [0.15, 0.2) is 0 Å². The van der Waals surface area contributed by atoms with Gasteiger partial charge in [-0.25, -0.2) is 0 Å². The topological polar surface area (TPSA) is 47.3 Å². The lowest BCUT2D eigenvalue weighted by atomic mass is 9.85. The van der Waals surface area contributed by atoms with Crippen LogP contribution in [0.3, 0.4) is 0 Å². The molecular formula is C11H24N2O. The molecule has 1 saturated carbocycles. The summed E-state index contributed by atoms with van der Waals surface area (Å²) in [5.74, 6) is 0. The Bertz CT molecular complexity index is 171. The third-order valence-corrected chi connectivity index (χ3v) is 3.17. The molecule has 0 aromatic rings. The zero-order valence-corrected chi connectivity index (χ0v) is 9.84. The standard InChI is InChI=1S/C11H24N2O/c1-11(2,3)10(12)7-13-8-5-9(6-8)14-4/h8-10,13H,5-7,12H2,1-4H3. The first kappa shape index (κ1) is 12.0. The maximum atomic E-state index is 6.05. The number of nitrogens with one attached hydrogen (secondary N) is 1. The van der Waals surface area contributed by atoms with Gasteiger partial charge in [-0.05, 0) is 18.3 Å². The van der Waals surface area contributed by atoms with Crippen LogP contribution in [0.1, 0.15) is 33.6 Å². The highest BCUT2D eigenvalue weighted by molar-refractivity contribution is 4.88. The number of hydrogen-bond acceptors (Lipinski definition) is 3. The zero-order chi connectivity index (χ0) is 10.8. The monoisotopic (exact) mass is 200 g/mol. The zero-order valence-electron chi connectivity index (χ0n) is 9.84. The van der Waals surface area contributed by atoms with Crippen LogP contribution in [0, 0.1) is 5.41 Å². The smallest absolute Gasteiger partial charge is 0.0601 e. The quantitative estimate of drug-likeness (QED) is 0.715. The molecule has 0 heterocycles. The van der Waals surface area contributed by atoms with Crippen LogP contribution in [-0.2, 0) is 4.74 Å². The second-order valence-electron chi connectivity index (χ2n) is 5.41. The van der Waals surface area contributed by atoms with Gasteiger partial charge in [0.2, 0.25) is 0 Å². The van der Waals surface area contributed by atoms with Crippen LogP contribution in [0.4, 0.5) is 0 Å². The predicted octanol–water partition coefficient (Wildman–Crippen LogP) is 1.13. The average Bonchev–Trinajstić information content (AvgIpc) is 1.99. The molecule has 3 N–H and O–H groups in total. The Morgan fingerprint density at radius 2 is 2.00 bits per heavy atom. The Morgan fingerprint density at radius 3 is 2.43 bits per heavy atom. The Balaban J connectivity index is 2.11. The highest BCUT2D eigenvalue weighted by Crippen LogP contribution is 2.23. The van der Waals surface area contributed by atoms with E-state index >= 15 is 0 Å². The lowest BCUT2D eigenvalue weighted by Gasteiger charge is -2.37. The lowest BCUT2D eigenvalue weighted by Crippen LogP contribution is -2.51. The Hall–Kier alpha value is -0.120. The summed E-state index contributed by atoms with van der Waals surface area (Å²) >= 11 is 0. The molecule has 0 aliphatic heterocycles. The van der Waals surface area contributed by atoms with E-state index in [-0.39, 0.29) is 11.5 Å². The predicted molar refractivity (Wildman–Crippen MR) is 59.3 cm³/mol. The minimum atomic E-state index is 0.192. The van der Waals surface area contributed by atoms with E-state index in [0.717, 1.165) is 19.4 Å². The molecule has 0 amide bonds. The molecule has 84 valence electrons. The fraction of sp³-hybridized carbons (Fsp3) is 1.00. The van der Waals surface area contributed by atoms with Crippen molar-refractivity contribution in [1.29, 1.82) is 0 Å². The summed E-state index contributed by atoms with van der Waals surface area (Å²) in [4.78, 5) is 0. The first-order chi connectivity index (χ1) is 6.43. The SMILES string of the molecule is COC1CC(NCC(N)C(C)(C)C)C1. The van der Waals surface area contributed by atoms with Crippen LogP contribution in [0.25, 0.3) is 0 Å². The second kappa shape index (κ2) is 4.60. The third kappa shape index (κ3) is 3.23. The molecule has 0 aromatic heterocycles. The van der Waals surface area contributed by atoms with Crippen LogP contribution >= 0.6 is 0 Å². The van der Waals surface area contributed by atoms with Gasteiger partial charge in [-0.15, -0.1) is 0 Å².